The molecule has 0 bridgehead atoms. The van der Waals surface area contributed by atoms with Gasteiger partial charge < -0.3 is 15.2 Å². The molecule has 1 fully saturated rings. The van der Waals surface area contributed by atoms with Gasteiger partial charge in [-0.2, -0.15) is 0 Å². The fourth-order valence-corrected chi connectivity index (χ4v) is 5.08. The van der Waals surface area contributed by atoms with Gasteiger partial charge in [0.05, 0.1) is 18.2 Å². The SMILES string of the molecule is CCOc1ccc(/C(O)=C2/C(=O)C(=O)N(c3ccc(NC(C)=O)cc3)C2c2ccc(C(C)(C)C)cc2)cc1C(C)C. The Bertz CT molecular complexity index is 1500. The second kappa shape index (κ2) is 11.6. The van der Waals surface area contributed by atoms with Crippen LogP contribution < -0.4 is 15.0 Å². The molecular weight excluding hydrogens is 516 g/mol. The fraction of sp³-hybridized carbons (Fsp3) is 0.324. The molecule has 0 aliphatic carbocycles. The number of amides is 2. The van der Waals surface area contributed by atoms with Crippen LogP contribution in [0, 0.1) is 0 Å². The van der Waals surface area contributed by atoms with Crippen molar-refractivity contribution in [3.63, 3.8) is 0 Å². The van der Waals surface area contributed by atoms with Crippen molar-refractivity contribution in [2.75, 3.05) is 16.8 Å². The van der Waals surface area contributed by atoms with Crippen LogP contribution in [0.25, 0.3) is 5.76 Å². The summed E-state index contributed by atoms with van der Waals surface area (Å²) in [6.45, 7) is 14.2. The van der Waals surface area contributed by atoms with E-state index in [0.29, 0.717) is 34.9 Å². The van der Waals surface area contributed by atoms with Gasteiger partial charge in [0.15, 0.2) is 0 Å². The Kier molecular flexibility index (Phi) is 8.38. The van der Waals surface area contributed by atoms with Crippen molar-refractivity contribution in [1.29, 1.82) is 0 Å². The fourth-order valence-electron chi connectivity index (χ4n) is 5.08. The topological polar surface area (TPSA) is 95.9 Å². The molecule has 7 heteroatoms. The first-order valence-electron chi connectivity index (χ1n) is 13.9. The summed E-state index contributed by atoms with van der Waals surface area (Å²) < 4.78 is 5.78. The molecule has 1 unspecified atom stereocenters. The van der Waals surface area contributed by atoms with Crippen molar-refractivity contribution < 1.29 is 24.2 Å². The van der Waals surface area contributed by atoms with Gasteiger partial charge in [0.1, 0.15) is 11.5 Å². The molecular formula is C34H38N2O5. The third-order valence-corrected chi connectivity index (χ3v) is 7.21. The lowest BCUT2D eigenvalue weighted by Gasteiger charge is -2.27. The maximum Gasteiger partial charge on any atom is 0.300 e. The summed E-state index contributed by atoms with van der Waals surface area (Å²) in [4.78, 5) is 40.1. The van der Waals surface area contributed by atoms with E-state index in [9.17, 15) is 19.5 Å². The lowest BCUT2D eigenvalue weighted by atomic mass is 9.85. The van der Waals surface area contributed by atoms with Gasteiger partial charge in [0.25, 0.3) is 11.7 Å². The zero-order valence-electron chi connectivity index (χ0n) is 24.7. The number of carbonyl (C=O) groups is 3. The van der Waals surface area contributed by atoms with Crippen LogP contribution in [0.15, 0.2) is 72.3 Å². The molecule has 3 aromatic rings. The molecule has 7 nitrogen and oxygen atoms in total. The minimum absolute atomic E-state index is 0.0170. The first kappa shape index (κ1) is 29.6. The van der Waals surface area contributed by atoms with Crippen LogP contribution in [0.1, 0.15) is 82.7 Å². The van der Waals surface area contributed by atoms with E-state index < -0.39 is 17.7 Å². The van der Waals surface area contributed by atoms with Gasteiger partial charge in [-0.3, -0.25) is 19.3 Å². The molecule has 0 spiro atoms. The highest BCUT2D eigenvalue weighted by Gasteiger charge is 2.47. The van der Waals surface area contributed by atoms with Crippen molar-refractivity contribution in [3.8, 4) is 5.75 Å². The lowest BCUT2D eigenvalue weighted by molar-refractivity contribution is -0.132. The summed E-state index contributed by atoms with van der Waals surface area (Å²) in [5.41, 5.74) is 4.10. The highest BCUT2D eigenvalue weighted by Crippen LogP contribution is 2.43. The predicted molar refractivity (Wildman–Crippen MR) is 162 cm³/mol. The monoisotopic (exact) mass is 554 g/mol. The molecule has 1 aliphatic rings. The quantitative estimate of drug-likeness (QED) is 0.185. The highest BCUT2D eigenvalue weighted by molar-refractivity contribution is 6.51. The first-order chi connectivity index (χ1) is 19.3. The number of Topliss-reactive ketones (excluding diaryl/α,β-unsaturated/α-hetero) is 1. The average molecular weight is 555 g/mol. The van der Waals surface area contributed by atoms with Crippen molar-refractivity contribution >= 4 is 34.7 Å². The van der Waals surface area contributed by atoms with Crippen LogP contribution in [0.3, 0.4) is 0 Å². The van der Waals surface area contributed by atoms with Gasteiger partial charge >= 0.3 is 0 Å². The van der Waals surface area contributed by atoms with E-state index in [4.69, 9.17) is 4.74 Å². The number of hydrogen-bond acceptors (Lipinski definition) is 5. The largest absolute Gasteiger partial charge is 0.507 e. The van der Waals surface area contributed by atoms with Gasteiger partial charge in [0, 0.05) is 23.9 Å². The summed E-state index contributed by atoms with van der Waals surface area (Å²) in [7, 11) is 0. The molecule has 1 aliphatic heterocycles. The minimum Gasteiger partial charge on any atom is -0.507 e. The zero-order chi connectivity index (χ0) is 30.1. The number of aliphatic hydroxyl groups excluding tert-OH is 1. The second-order valence-corrected chi connectivity index (χ2v) is 11.6. The number of benzene rings is 3. The number of anilines is 2. The molecule has 1 heterocycles. The summed E-state index contributed by atoms with van der Waals surface area (Å²) in [6, 6.07) is 19.0. The molecule has 4 rings (SSSR count). The summed E-state index contributed by atoms with van der Waals surface area (Å²) in [5, 5.41) is 14.4. The average Bonchev–Trinajstić information content (AvgIpc) is 3.18. The Morgan fingerprint density at radius 1 is 1.00 bits per heavy atom. The van der Waals surface area contributed by atoms with E-state index in [-0.39, 0.29) is 28.6 Å². The first-order valence-corrected chi connectivity index (χ1v) is 13.9. The van der Waals surface area contributed by atoms with Crippen LogP contribution in [0.4, 0.5) is 11.4 Å². The zero-order valence-corrected chi connectivity index (χ0v) is 24.7. The Morgan fingerprint density at radius 2 is 1.63 bits per heavy atom. The number of ether oxygens (including phenoxy) is 1. The van der Waals surface area contributed by atoms with Crippen LogP contribution in [0.2, 0.25) is 0 Å². The van der Waals surface area contributed by atoms with E-state index in [1.54, 1.807) is 36.4 Å². The van der Waals surface area contributed by atoms with Crippen molar-refractivity contribution in [3.05, 3.63) is 94.6 Å². The third kappa shape index (κ3) is 6.04. The Labute approximate surface area is 241 Å². The van der Waals surface area contributed by atoms with E-state index in [1.807, 2.05) is 51.1 Å². The normalized spacial score (nSPS) is 16.8. The summed E-state index contributed by atoms with van der Waals surface area (Å²) in [6.07, 6.45) is 0. The van der Waals surface area contributed by atoms with E-state index >= 15 is 0 Å². The number of carbonyl (C=O) groups excluding carboxylic acids is 3. The maximum atomic E-state index is 13.6. The lowest BCUT2D eigenvalue weighted by Crippen LogP contribution is -2.29. The van der Waals surface area contributed by atoms with Crippen LogP contribution in [0.5, 0.6) is 5.75 Å². The number of hydrogen-bond donors (Lipinski definition) is 2. The molecule has 0 aromatic heterocycles. The molecule has 214 valence electrons. The number of nitrogens with one attached hydrogen (secondary N) is 1. The molecule has 2 amide bonds. The van der Waals surface area contributed by atoms with E-state index in [2.05, 4.69) is 26.1 Å². The smallest absolute Gasteiger partial charge is 0.300 e. The third-order valence-electron chi connectivity index (χ3n) is 7.21. The molecule has 1 atom stereocenters. The number of aliphatic hydroxyl groups is 1. The summed E-state index contributed by atoms with van der Waals surface area (Å²) >= 11 is 0. The van der Waals surface area contributed by atoms with Crippen molar-refractivity contribution in [1.82, 2.24) is 0 Å². The molecule has 0 radical (unpaired) electrons. The van der Waals surface area contributed by atoms with Crippen LogP contribution in [-0.2, 0) is 19.8 Å². The van der Waals surface area contributed by atoms with Crippen LogP contribution in [-0.4, -0.2) is 29.3 Å². The predicted octanol–water partition coefficient (Wildman–Crippen LogP) is 7.09. The van der Waals surface area contributed by atoms with Gasteiger partial charge in [-0.15, -0.1) is 0 Å². The Hall–Kier alpha value is -4.39. The van der Waals surface area contributed by atoms with Gasteiger partial charge in [-0.25, -0.2) is 0 Å². The molecule has 1 saturated heterocycles. The van der Waals surface area contributed by atoms with Gasteiger partial charge in [-0.1, -0.05) is 58.9 Å². The highest BCUT2D eigenvalue weighted by atomic mass is 16.5. The Morgan fingerprint density at radius 3 is 2.17 bits per heavy atom. The number of rotatable bonds is 7. The minimum atomic E-state index is -0.857. The second-order valence-electron chi connectivity index (χ2n) is 11.6. The van der Waals surface area contributed by atoms with Crippen molar-refractivity contribution in [2.45, 2.75) is 65.8 Å². The number of ketones is 1. The van der Waals surface area contributed by atoms with Crippen molar-refractivity contribution in [2.24, 2.45) is 0 Å². The molecule has 41 heavy (non-hydrogen) atoms. The number of nitrogens with zero attached hydrogens (tertiary/aromatic N) is 1. The maximum absolute atomic E-state index is 13.6. The molecule has 2 N–H and O–H groups in total. The van der Waals surface area contributed by atoms with Gasteiger partial charge in [-0.05, 0) is 77.4 Å². The Balaban J connectivity index is 1.90. The van der Waals surface area contributed by atoms with E-state index in [1.165, 1.54) is 11.8 Å². The summed E-state index contributed by atoms with van der Waals surface area (Å²) in [5.74, 6) is -1.14. The van der Waals surface area contributed by atoms with E-state index in [0.717, 1.165) is 11.1 Å². The van der Waals surface area contributed by atoms with Crippen LogP contribution >= 0.6 is 0 Å². The van der Waals surface area contributed by atoms with Gasteiger partial charge in [0.2, 0.25) is 5.91 Å². The standard InChI is InChI=1S/C34H38N2O5/c1-8-41-28-18-11-23(19-27(28)20(2)3)31(38)29-30(22-9-12-24(13-10-22)34(5,6)7)36(33(40)32(29)39)26-16-14-25(15-17-26)35-21(4)37/h9-20,30,38H,8H2,1-7H3,(H,35,37)/b31-29-. The molecule has 3 aromatic carbocycles. The molecule has 0 saturated carbocycles.